The summed E-state index contributed by atoms with van der Waals surface area (Å²) in [5.41, 5.74) is 1.88. The Bertz CT molecular complexity index is 984. The summed E-state index contributed by atoms with van der Waals surface area (Å²) in [5.74, 6) is 0.602. The van der Waals surface area contributed by atoms with Gasteiger partial charge in [0.25, 0.3) is 0 Å². The summed E-state index contributed by atoms with van der Waals surface area (Å²) in [6.45, 7) is 3.61. The number of aromatic nitrogens is 2. The van der Waals surface area contributed by atoms with Gasteiger partial charge >= 0.3 is 0 Å². The van der Waals surface area contributed by atoms with Crippen molar-refractivity contribution < 1.29 is 12.9 Å². The van der Waals surface area contributed by atoms with Crippen LogP contribution in [0.5, 0.6) is 0 Å². The zero-order valence-corrected chi connectivity index (χ0v) is 15.2. The second-order valence-corrected chi connectivity index (χ2v) is 7.77. The molecule has 0 fully saturated rings. The lowest BCUT2D eigenvalue weighted by Gasteiger charge is -2.10. The van der Waals surface area contributed by atoms with Gasteiger partial charge in [-0.15, -0.1) is 0 Å². The predicted molar refractivity (Wildman–Crippen MR) is 94.7 cm³/mol. The van der Waals surface area contributed by atoms with E-state index < -0.39 is 16.1 Å². The molecule has 0 saturated carbocycles. The Morgan fingerprint density at radius 1 is 1.16 bits per heavy atom. The highest BCUT2D eigenvalue weighted by Crippen LogP contribution is 2.21. The van der Waals surface area contributed by atoms with Crippen LogP contribution in [-0.2, 0) is 10.0 Å². The highest BCUT2D eigenvalue weighted by Gasteiger charge is 2.22. The summed E-state index contributed by atoms with van der Waals surface area (Å²) >= 11 is 5.79. The number of rotatable bonds is 5. The minimum absolute atomic E-state index is 0.113. The van der Waals surface area contributed by atoms with Crippen LogP contribution >= 0.6 is 11.6 Å². The maximum absolute atomic E-state index is 12.4. The molecule has 3 aromatic rings. The van der Waals surface area contributed by atoms with Crippen LogP contribution in [0.1, 0.15) is 24.4 Å². The molecule has 1 atom stereocenters. The Balaban J connectivity index is 1.80. The van der Waals surface area contributed by atoms with Crippen molar-refractivity contribution in [2.24, 2.45) is 0 Å². The second kappa shape index (κ2) is 6.95. The van der Waals surface area contributed by atoms with Gasteiger partial charge in [-0.3, -0.25) is 0 Å². The molecule has 1 unspecified atom stereocenters. The number of benzene rings is 2. The van der Waals surface area contributed by atoms with Crippen LogP contribution in [0.2, 0.25) is 5.02 Å². The van der Waals surface area contributed by atoms with Crippen LogP contribution < -0.4 is 4.72 Å². The van der Waals surface area contributed by atoms with E-state index in [2.05, 4.69) is 14.9 Å². The summed E-state index contributed by atoms with van der Waals surface area (Å²) in [4.78, 5) is 4.40. The van der Waals surface area contributed by atoms with Gasteiger partial charge in [-0.25, -0.2) is 8.42 Å². The van der Waals surface area contributed by atoms with Gasteiger partial charge in [0.05, 0.1) is 10.9 Å². The van der Waals surface area contributed by atoms with E-state index >= 15 is 0 Å². The Kier molecular flexibility index (Phi) is 4.89. The lowest BCUT2D eigenvalue weighted by atomic mass is 10.1. The van der Waals surface area contributed by atoms with Gasteiger partial charge in [-0.2, -0.15) is 9.71 Å². The van der Waals surface area contributed by atoms with Crippen LogP contribution in [0.15, 0.2) is 57.9 Å². The number of hydrogen-bond donors (Lipinski definition) is 1. The van der Waals surface area contributed by atoms with E-state index in [4.69, 9.17) is 16.1 Å². The SMILES string of the molecule is Cc1cccc(-c2noc(C(C)NS(=O)(=O)c3ccc(Cl)cc3)n2)c1. The molecule has 6 nitrogen and oxygen atoms in total. The Morgan fingerprint density at radius 2 is 1.88 bits per heavy atom. The van der Waals surface area contributed by atoms with Gasteiger partial charge < -0.3 is 4.52 Å². The first-order chi connectivity index (χ1) is 11.8. The quantitative estimate of drug-likeness (QED) is 0.732. The largest absolute Gasteiger partial charge is 0.337 e. The molecule has 0 spiro atoms. The molecule has 0 aliphatic heterocycles. The zero-order valence-electron chi connectivity index (χ0n) is 13.6. The summed E-state index contributed by atoms with van der Waals surface area (Å²) in [5, 5.41) is 4.39. The molecule has 1 heterocycles. The molecule has 2 aromatic carbocycles. The third-order valence-corrected chi connectivity index (χ3v) is 5.35. The first-order valence-electron chi connectivity index (χ1n) is 7.54. The van der Waals surface area contributed by atoms with Crippen molar-refractivity contribution in [2.45, 2.75) is 24.8 Å². The van der Waals surface area contributed by atoms with Crippen LogP contribution in [0, 0.1) is 6.92 Å². The molecule has 3 rings (SSSR count). The molecule has 25 heavy (non-hydrogen) atoms. The molecule has 1 aromatic heterocycles. The summed E-state index contributed by atoms with van der Waals surface area (Å²) < 4.78 is 32.5. The van der Waals surface area contributed by atoms with Gasteiger partial charge in [0.2, 0.25) is 21.7 Å². The van der Waals surface area contributed by atoms with Crippen molar-refractivity contribution in [3.63, 3.8) is 0 Å². The van der Waals surface area contributed by atoms with Crippen LogP contribution in [-0.4, -0.2) is 18.6 Å². The maximum Gasteiger partial charge on any atom is 0.244 e. The standard InChI is InChI=1S/C17H16ClN3O3S/c1-11-4-3-5-13(10-11)16-19-17(24-20-16)12(2)21-25(22,23)15-8-6-14(18)7-9-15/h3-10,12,21H,1-2H3. The van der Waals surface area contributed by atoms with E-state index in [9.17, 15) is 8.42 Å². The summed E-state index contributed by atoms with van der Waals surface area (Å²) in [6, 6.07) is 12.9. The van der Waals surface area contributed by atoms with Crippen molar-refractivity contribution in [3.8, 4) is 11.4 Å². The molecule has 130 valence electrons. The third-order valence-electron chi connectivity index (χ3n) is 3.54. The average Bonchev–Trinajstić information content (AvgIpc) is 3.05. The normalized spacial score (nSPS) is 12.9. The Morgan fingerprint density at radius 3 is 2.56 bits per heavy atom. The topological polar surface area (TPSA) is 85.1 Å². The fourth-order valence-corrected chi connectivity index (χ4v) is 3.60. The van der Waals surface area contributed by atoms with E-state index in [1.54, 1.807) is 6.92 Å². The van der Waals surface area contributed by atoms with E-state index in [-0.39, 0.29) is 10.8 Å². The molecular formula is C17H16ClN3O3S. The van der Waals surface area contributed by atoms with Gasteiger partial charge in [-0.05, 0) is 44.2 Å². The van der Waals surface area contributed by atoms with Crippen molar-refractivity contribution in [1.29, 1.82) is 0 Å². The lowest BCUT2D eigenvalue weighted by molar-refractivity contribution is 0.354. The van der Waals surface area contributed by atoms with Crippen molar-refractivity contribution in [1.82, 2.24) is 14.9 Å². The number of hydrogen-bond acceptors (Lipinski definition) is 5. The number of sulfonamides is 1. The van der Waals surface area contributed by atoms with E-state index in [1.807, 2.05) is 31.2 Å². The van der Waals surface area contributed by atoms with Crippen LogP contribution in [0.4, 0.5) is 0 Å². The molecule has 0 aliphatic rings. The maximum atomic E-state index is 12.4. The number of nitrogens with zero attached hydrogens (tertiary/aromatic N) is 2. The first-order valence-corrected chi connectivity index (χ1v) is 9.40. The third kappa shape index (κ3) is 4.07. The minimum atomic E-state index is -3.72. The van der Waals surface area contributed by atoms with Gasteiger partial charge in [0.1, 0.15) is 0 Å². The predicted octanol–water partition coefficient (Wildman–Crippen LogP) is 3.74. The first kappa shape index (κ1) is 17.6. The van der Waals surface area contributed by atoms with Crippen LogP contribution in [0.3, 0.4) is 0 Å². The molecule has 8 heteroatoms. The smallest absolute Gasteiger partial charge is 0.244 e. The number of halogens is 1. The van der Waals surface area contributed by atoms with Crippen molar-refractivity contribution in [3.05, 3.63) is 65.0 Å². The second-order valence-electron chi connectivity index (χ2n) is 5.62. The highest BCUT2D eigenvalue weighted by atomic mass is 35.5. The molecule has 1 N–H and O–H groups in total. The van der Waals surface area contributed by atoms with Crippen molar-refractivity contribution >= 4 is 21.6 Å². The number of aryl methyl sites for hydroxylation is 1. The molecular weight excluding hydrogens is 362 g/mol. The summed E-state index contributed by atoms with van der Waals surface area (Å²) in [6.07, 6.45) is 0. The minimum Gasteiger partial charge on any atom is -0.337 e. The Hall–Kier alpha value is -2.22. The number of nitrogens with one attached hydrogen (secondary N) is 1. The average molecular weight is 378 g/mol. The molecule has 0 bridgehead atoms. The van der Waals surface area contributed by atoms with E-state index in [1.165, 1.54) is 24.3 Å². The van der Waals surface area contributed by atoms with Gasteiger partial charge in [0.15, 0.2) is 0 Å². The van der Waals surface area contributed by atoms with Gasteiger partial charge in [0, 0.05) is 10.6 Å². The molecule has 0 saturated heterocycles. The van der Waals surface area contributed by atoms with Crippen molar-refractivity contribution in [2.75, 3.05) is 0 Å². The summed E-state index contributed by atoms with van der Waals surface area (Å²) in [7, 11) is -3.72. The monoisotopic (exact) mass is 377 g/mol. The molecule has 0 aliphatic carbocycles. The van der Waals surface area contributed by atoms with Gasteiger partial charge in [-0.1, -0.05) is 40.5 Å². The fraction of sp³-hybridized carbons (Fsp3) is 0.176. The molecule has 0 radical (unpaired) electrons. The zero-order chi connectivity index (χ0) is 18.0. The van der Waals surface area contributed by atoms with E-state index in [0.717, 1.165) is 11.1 Å². The van der Waals surface area contributed by atoms with E-state index in [0.29, 0.717) is 10.8 Å². The lowest BCUT2D eigenvalue weighted by Crippen LogP contribution is -2.27. The Labute approximate surface area is 150 Å². The highest BCUT2D eigenvalue weighted by molar-refractivity contribution is 7.89. The fourth-order valence-electron chi connectivity index (χ4n) is 2.28. The van der Waals surface area contributed by atoms with Crippen LogP contribution in [0.25, 0.3) is 11.4 Å². The molecule has 0 amide bonds.